The number of amides is 2. The summed E-state index contributed by atoms with van der Waals surface area (Å²) >= 11 is 0. The number of fused-ring (bicyclic) bond motifs is 1. The quantitative estimate of drug-likeness (QED) is 0.149. The summed E-state index contributed by atoms with van der Waals surface area (Å²) in [6.45, 7) is 1.46. The molecule has 5 rings (SSSR count). The molecule has 246 valence electrons. The molecule has 0 saturated carbocycles. The molecule has 0 N–H and O–H groups in total. The van der Waals surface area contributed by atoms with Gasteiger partial charge in [-0.25, -0.2) is 15.0 Å². The molecule has 2 aromatic heterocycles. The summed E-state index contributed by atoms with van der Waals surface area (Å²) in [4.78, 5) is 41.5. The highest BCUT2D eigenvalue weighted by Crippen LogP contribution is 2.34. The molecule has 2 aliphatic rings. The molecule has 1 saturated heterocycles. The first-order valence-electron chi connectivity index (χ1n) is 14.1. The molecule has 0 bridgehead atoms. The molecule has 17 heteroatoms. The SMILES string of the molecule is COc1ccc(CN2CCn3c(CCO/C=C/C(=O)N4CCN(c5ncc(C(F)(F)F)cn5)CC4)nc(C(F)(F)F)c3C2=O)cc1. The van der Waals surface area contributed by atoms with E-state index in [0.717, 1.165) is 11.8 Å². The van der Waals surface area contributed by atoms with E-state index in [-0.39, 0.29) is 63.4 Å². The van der Waals surface area contributed by atoms with Gasteiger partial charge in [-0.3, -0.25) is 9.59 Å². The number of hydrogen-bond donors (Lipinski definition) is 0. The fourth-order valence-corrected chi connectivity index (χ4v) is 5.11. The predicted octanol–water partition coefficient (Wildman–Crippen LogP) is 3.80. The van der Waals surface area contributed by atoms with Crippen LogP contribution in [0.4, 0.5) is 32.3 Å². The number of imidazole rings is 1. The van der Waals surface area contributed by atoms with Gasteiger partial charge < -0.3 is 28.7 Å². The third-order valence-corrected chi connectivity index (χ3v) is 7.52. The van der Waals surface area contributed by atoms with Crippen LogP contribution in [0.3, 0.4) is 0 Å². The number of anilines is 1. The van der Waals surface area contributed by atoms with Gasteiger partial charge in [-0.1, -0.05) is 12.1 Å². The smallest absolute Gasteiger partial charge is 0.435 e. The summed E-state index contributed by atoms with van der Waals surface area (Å²) in [6, 6.07) is 6.89. The molecule has 11 nitrogen and oxygen atoms in total. The van der Waals surface area contributed by atoms with Crippen LogP contribution < -0.4 is 9.64 Å². The largest absolute Gasteiger partial charge is 0.501 e. The minimum atomic E-state index is -4.84. The first-order valence-corrected chi connectivity index (χ1v) is 14.1. The van der Waals surface area contributed by atoms with E-state index in [1.165, 1.54) is 27.6 Å². The Balaban J connectivity index is 1.13. The van der Waals surface area contributed by atoms with E-state index in [1.54, 1.807) is 29.2 Å². The molecule has 0 atom stereocenters. The summed E-state index contributed by atoms with van der Waals surface area (Å²) < 4.78 is 91.7. The summed E-state index contributed by atoms with van der Waals surface area (Å²) in [5.74, 6) is -0.371. The van der Waals surface area contributed by atoms with Crippen molar-refractivity contribution in [1.29, 1.82) is 0 Å². The summed E-state index contributed by atoms with van der Waals surface area (Å²) in [6.07, 6.45) is -5.70. The number of rotatable bonds is 9. The zero-order chi connectivity index (χ0) is 33.1. The van der Waals surface area contributed by atoms with Crippen molar-refractivity contribution in [3.05, 3.63) is 77.3 Å². The first-order chi connectivity index (χ1) is 21.8. The number of piperazine rings is 1. The van der Waals surface area contributed by atoms with Crippen LogP contribution in [0.5, 0.6) is 5.75 Å². The Kier molecular flexibility index (Phi) is 9.39. The molecular formula is C29H29F6N7O4. The molecular weight excluding hydrogens is 624 g/mol. The number of methoxy groups -OCH3 is 1. The molecule has 0 radical (unpaired) electrons. The minimum absolute atomic E-state index is 0.0425. The number of nitrogens with zero attached hydrogens (tertiary/aromatic N) is 7. The zero-order valence-corrected chi connectivity index (χ0v) is 24.5. The van der Waals surface area contributed by atoms with Crippen molar-refractivity contribution in [2.75, 3.05) is 51.3 Å². The third-order valence-electron chi connectivity index (χ3n) is 7.52. The Labute approximate surface area is 259 Å². The molecule has 3 aromatic rings. The predicted molar refractivity (Wildman–Crippen MR) is 150 cm³/mol. The van der Waals surface area contributed by atoms with Crippen molar-refractivity contribution in [3.8, 4) is 5.75 Å². The maximum absolute atomic E-state index is 13.9. The molecule has 1 fully saturated rings. The maximum atomic E-state index is 13.9. The lowest BCUT2D eigenvalue weighted by Gasteiger charge is -2.34. The van der Waals surface area contributed by atoms with Gasteiger partial charge >= 0.3 is 12.4 Å². The number of aromatic nitrogens is 4. The van der Waals surface area contributed by atoms with Gasteiger partial charge in [-0.05, 0) is 17.7 Å². The third kappa shape index (κ3) is 7.34. The zero-order valence-electron chi connectivity index (χ0n) is 24.5. The monoisotopic (exact) mass is 653 g/mol. The van der Waals surface area contributed by atoms with Crippen LogP contribution in [0.25, 0.3) is 0 Å². The number of alkyl halides is 6. The van der Waals surface area contributed by atoms with Crippen molar-refractivity contribution in [3.63, 3.8) is 0 Å². The lowest BCUT2D eigenvalue weighted by Crippen LogP contribution is -2.48. The van der Waals surface area contributed by atoms with E-state index in [2.05, 4.69) is 15.0 Å². The van der Waals surface area contributed by atoms with Crippen molar-refractivity contribution in [1.82, 2.24) is 29.3 Å². The molecule has 1 aromatic carbocycles. The average molecular weight is 654 g/mol. The van der Waals surface area contributed by atoms with Gasteiger partial charge in [0.25, 0.3) is 5.91 Å². The number of carbonyl (C=O) groups excluding carboxylic acids is 2. The number of hydrogen-bond acceptors (Lipinski definition) is 8. The van der Waals surface area contributed by atoms with Crippen molar-refractivity contribution >= 4 is 17.8 Å². The fraction of sp³-hybridized carbons (Fsp3) is 0.414. The first kappa shape index (κ1) is 32.6. The van der Waals surface area contributed by atoms with Gasteiger partial charge in [-0.2, -0.15) is 26.3 Å². The summed E-state index contributed by atoms with van der Waals surface area (Å²) in [5, 5.41) is 0. The van der Waals surface area contributed by atoms with Crippen LogP contribution in [-0.4, -0.2) is 87.6 Å². The van der Waals surface area contributed by atoms with Gasteiger partial charge in [0.05, 0.1) is 25.5 Å². The van der Waals surface area contributed by atoms with Crippen LogP contribution >= 0.6 is 0 Å². The van der Waals surface area contributed by atoms with Crippen molar-refractivity contribution < 1.29 is 45.4 Å². The van der Waals surface area contributed by atoms with Crippen LogP contribution in [0.1, 0.15) is 33.1 Å². The highest BCUT2D eigenvalue weighted by molar-refractivity contribution is 5.94. The van der Waals surface area contributed by atoms with Crippen LogP contribution in [-0.2, 0) is 41.4 Å². The van der Waals surface area contributed by atoms with E-state index in [1.807, 2.05) is 0 Å². The van der Waals surface area contributed by atoms with Gasteiger partial charge in [0.2, 0.25) is 11.9 Å². The highest BCUT2D eigenvalue weighted by atomic mass is 19.4. The standard InChI is InChI=1S/C29H29F6N7O4/c1-45-21-4-2-19(3-5-21)18-41-12-13-42-22(38-25(29(33,34)35)24(42)26(41)44)6-14-46-15-7-23(43)39-8-10-40(11-9-39)27-36-16-20(17-37-27)28(30,31)32/h2-5,7,15-17H,6,8-14,18H2,1H3/b15-7+. The molecule has 4 heterocycles. The van der Waals surface area contributed by atoms with Crippen molar-refractivity contribution in [2.24, 2.45) is 0 Å². The number of halogens is 6. The highest BCUT2D eigenvalue weighted by Gasteiger charge is 2.43. The van der Waals surface area contributed by atoms with Gasteiger partial charge in [-0.15, -0.1) is 0 Å². The van der Waals surface area contributed by atoms with E-state index < -0.39 is 35.2 Å². The Morgan fingerprint density at radius 2 is 1.61 bits per heavy atom. The molecule has 0 spiro atoms. The minimum Gasteiger partial charge on any atom is -0.501 e. The molecule has 2 amide bonds. The number of benzene rings is 1. The maximum Gasteiger partial charge on any atom is 0.435 e. The molecule has 0 aliphatic carbocycles. The molecule has 0 unspecified atom stereocenters. The second kappa shape index (κ2) is 13.3. The lowest BCUT2D eigenvalue weighted by molar-refractivity contribution is -0.141. The second-order valence-corrected chi connectivity index (χ2v) is 10.5. The van der Waals surface area contributed by atoms with Crippen molar-refractivity contribution in [2.45, 2.75) is 31.9 Å². The van der Waals surface area contributed by atoms with E-state index in [9.17, 15) is 35.9 Å². The van der Waals surface area contributed by atoms with E-state index >= 15 is 0 Å². The second-order valence-electron chi connectivity index (χ2n) is 10.5. The molecule has 2 aliphatic heterocycles. The normalized spacial score (nSPS) is 15.8. The summed E-state index contributed by atoms with van der Waals surface area (Å²) in [7, 11) is 1.51. The van der Waals surface area contributed by atoms with E-state index in [4.69, 9.17) is 9.47 Å². The summed E-state index contributed by atoms with van der Waals surface area (Å²) in [5.41, 5.74) is -1.99. The number of ether oxygens (including phenoxy) is 2. The van der Waals surface area contributed by atoms with E-state index in [0.29, 0.717) is 31.2 Å². The van der Waals surface area contributed by atoms with Gasteiger partial charge in [0, 0.05) is 70.7 Å². The van der Waals surface area contributed by atoms with Gasteiger partial charge in [0.1, 0.15) is 17.3 Å². The fourth-order valence-electron chi connectivity index (χ4n) is 5.11. The van der Waals surface area contributed by atoms with Gasteiger partial charge in [0.15, 0.2) is 5.69 Å². The Morgan fingerprint density at radius 3 is 2.22 bits per heavy atom. The Hall–Kier alpha value is -4.83. The Morgan fingerprint density at radius 1 is 0.935 bits per heavy atom. The Bertz CT molecular complexity index is 1560. The average Bonchev–Trinajstić information content (AvgIpc) is 3.42. The van der Waals surface area contributed by atoms with Crippen LogP contribution in [0, 0.1) is 0 Å². The topological polar surface area (TPSA) is 106 Å². The van der Waals surface area contributed by atoms with Crippen LogP contribution in [0.2, 0.25) is 0 Å². The molecule has 46 heavy (non-hydrogen) atoms. The number of carbonyl (C=O) groups is 2. The van der Waals surface area contributed by atoms with Crippen LogP contribution in [0.15, 0.2) is 49.0 Å². The lowest BCUT2D eigenvalue weighted by atomic mass is 10.1.